The first-order valence-electron chi connectivity index (χ1n) is 10.5. The third-order valence-electron chi connectivity index (χ3n) is 5.79. The zero-order valence-electron chi connectivity index (χ0n) is 17.4. The molecular weight excluding hydrogens is 480 g/mol. The second-order valence-electron chi connectivity index (χ2n) is 7.96. The van der Waals surface area contributed by atoms with Crippen molar-refractivity contribution in [3.63, 3.8) is 0 Å². The van der Waals surface area contributed by atoms with E-state index in [4.69, 9.17) is 4.74 Å². The SMILES string of the molecule is O=c1c(Cc2cccnc2)cn2c3cc(Br)ccc3c3cc(OCc4cncnc4)cc1c32. The number of hydrogen-bond acceptors (Lipinski definition) is 5. The van der Waals surface area contributed by atoms with Crippen LogP contribution in [0.1, 0.15) is 16.7 Å². The zero-order valence-corrected chi connectivity index (χ0v) is 19.0. The van der Waals surface area contributed by atoms with Gasteiger partial charge in [0.1, 0.15) is 18.7 Å². The van der Waals surface area contributed by atoms with Gasteiger partial charge < -0.3 is 9.14 Å². The molecule has 2 aromatic carbocycles. The molecule has 0 fully saturated rings. The first-order chi connectivity index (χ1) is 16.2. The van der Waals surface area contributed by atoms with Crippen LogP contribution in [-0.2, 0) is 13.0 Å². The monoisotopic (exact) mass is 496 g/mol. The predicted octanol–water partition coefficient (Wildman–Crippen LogP) is 5.16. The van der Waals surface area contributed by atoms with Gasteiger partial charge in [-0.25, -0.2) is 9.97 Å². The van der Waals surface area contributed by atoms with Gasteiger partial charge in [0, 0.05) is 63.8 Å². The van der Waals surface area contributed by atoms with Crippen molar-refractivity contribution in [3.05, 3.63) is 111 Å². The van der Waals surface area contributed by atoms with E-state index >= 15 is 0 Å². The standard InChI is InChI=1S/C26H17BrN4O2/c27-19-3-4-21-22-8-20(33-14-17-11-29-15-30-12-17)9-23-25(22)31(24(21)7-19)13-18(26(23)32)6-16-2-1-5-28-10-16/h1-5,7-13,15H,6,14H2. The first-order valence-corrected chi connectivity index (χ1v) is 11.2. The van der Waals surface area contributed by atoms with Crippen LogP contribution in [0, 0.1) is 0 Å². The third-order valence-corrected chi connectivity index (χ3v) is 6.29. The van der Waals surface area contributed by atoms with Gasteiger partial charge in [0.2, 0.25) is 0 Å². The van der Waals surface area contributed by atoms with E-state index in [2.05, 4.69) is 47.4 Å². The Morgan fingerprint density at radius 3 is 2.55 bits per heavy atom. The highest BCUT2D eigenvalue weighted by molar-refractivity contribution is 9.10. The molecule has 0 bridgehead atoms. The molecule has 6 nitrogen and oxygen atoms in total. The molecule has 0 aliphatic rings. The minimum Gasteiger partial charge on any atom is -0.489 e. The summed E-state index contributed by atoms with van der Waals surface area (Å²) < 4.78 is 9.17. The lowest BCUT2D eigenvalue weighted by atomic mass is 10.0. The molecule has 4 heterocycles. The second kappa shape index (κ2) is 7.94. The Hall–Kier alpha value is -3.84. The zero-order chi connectivity index (χ0) is 22.4. The molecule has 0 N–H and O–H groups in total. The fraction of sp³-hybridized carbons (Fsp3) is 0.0769. The number of rotatable bonds is 5. The van der Waals surface area contributed by atoms with Gasteiger partial charge in [-0.05, 0) is 35.9 Å². The fourth-order valence-electron chi connectivity index (χ4n) is 4.32. The number of halogens is 1. The van der Waals surface area contributed by atoms with Crippen molar-refractivity contribution < 1.29 is 4.74 Å². The maximum atomic E-state index is 13.6. The summed E-state index contributed by atoms with van der Waals surface area (Å²) in [4.78, 5) is 25.9. The van der Waals surface area contributed by atoms with E-state index in [1.807, 2.05) is 36.5 Å². The Morgan fingerprint density at radius 2 is 1.73 bits per heavy atom. The third kappa shape index (κ3) is 3.50. The van der Waals surface area contributed by atoms with Gasteiger partial charge in [0.25, 0.3) is 0 Å². The lowest BCUT2D eigenvalue weighted by molar-refractivity contribution is 0.306. The van der Waals surface area contributed by atoms with Crippen LogP contribution >= 0.6 is 15.9 Å². The van der Waals surface area contributed by atoms with Crippen LogP contribution in [0.2, 0.25) is 0 Å². The molecule has 0 saturated carbocycles. The van der Waals surface area contributed by atoms with E-state index < -0.39 is 0 Å². The summed E-state index contributed by atoms with van der Waals surface area (Å²) >= 11 is 3.59. The van der Waals surface area contributed by atoms with E-state index in [9.17, 15) is 4.79 Å². The smallest absolute Gasteiger partial charge is 0.193 e. The Morgan fingerprint density at radius 1 is 0.909 bits per heavy atom. The maximum Gasteiger partial charge on any atom is 0.193 e. The number of pyridine rings is 2. The van der Waals surface area contributed by atoms with E-state index in [0.29, 0.717) is 29.7 Å². The van der Waals surface area contributed by atoms with E-state index in [1.165, 1.54) is 6.33 Å². The predicted molar refractivity (Wildman–Crippen MR) is 131 cm³/mol. The number of nitrogens with zero attached hydrogens (tertiary/aromatic N) is 4. The minimum absolute atomic E-state index is 0.00622. The van der Waals surface area contributed by atoms with Crippen LogP contribution in [0.15, 0.2) is 89.0 Å². The lowest BCUT2D eigenvalue weighted by Gasteiger charge is -2.10. The summed E-state index contributed by atoms with van der Waals surface area (Å²) in [6, 6.07) is 13.9. The van der Waals surface area contributed by atoms with Gasteiger partial charge >= 0.3 is 0 Å². The van der Waals surface area contributed by atoms with Crippen molar-refractivity contribution >= 4 is 43.1 Å². The van der Waals surface area contributed by atoms with E-state index in [-0.39, 0.29) is 5.43 Å². The molecule has 0 atom stereocenters. The topological polar surface area (TPSA) is 69.4 Å². The van der Waals surface area contributed by atoms with Gasteiger partial charge in [-0.1, -0.05) is 28.1 Å². The number of hydrogen-bond donors (Lipinski definition) is 0. The molecule has 6 rings (SSSR count). The Labute approximate surface area is 197 Å². The average Bonchev–Trinajstić information content (AvgIpc) is 3.15. The number of benzene rings is 2. The normalized spacial score (nSPS) is 11.5. The van der Waals surface area contributed by atoms with Crippen molar-refractivity contribution in [3.8, 4) is 5.75 Å². The van der Waals surface area contributed by atoms with Crippen LogP contribution in [0.25, 0.3) is 27.2 Å². The van der Waals surface area contributed by atoms with Crippen molar-refractivity contribution in [1.82, 2.24) is 19.4 Å². The first kappa shape index (κ1) is 19.8. The number of ether oxygens (including phenoxy) is 1. The summed E-state index contributed by atoms with van der Waals surface area (Å²) in [5, 5.41) is 2.69. The van der Waals surface area contributed by atoms with E-state index in [0.717, 1.165) is 37.4 Å². The molecule has 0 unspecified atom stereocenters. The van der Waals surface area contributed by atoms with Crippen LogP contribution in [0.3, 0.4) is 0 Å². The quantitative estimate of drug-likeness (QED) is 0.329. The highest BCUT2D eigenvalue weighted by Gasteiger charge is 2.18. The summed E-state index contributed by atoms with van der Waals surface area (Å²) in [5.74, 6) is 0.638. The number of aromatic nitrogens is 4. The Bertz CT molecular complexity index is 1670. The van der Waals surface area contributed by atoms with Crippen molar-refractivity contribution in [1.29, 1.82) is 0 Å². The van der Waals surface area contributed by atoms with Crippen molar-refractivity contribution in [2.45, 2.75) is 13.0 Å². The summed E-state index contributed by atoms with van der Waals surface area (Å²) in [7, 11) is 0. The largest absolute Gasteiger partial charge is 0.489 e. The molecular formula is C26H17BrN4O2. The molecule has 4 aromatic heterocycles. The van der Waals surface area contributed by atoms with Crippen molar-refractivity contribution in [2.24, 2.45) is 0 Å². The van der Waals surface area contributed by atoms with Crippen LogP contribution in [0.5, 0.6) is 5.75 Å². The molecule has 0 amide bonds. The molecule has 0 spiro atoms. The molecule has 0 aliphatic heterocycles. The molecule has 0 saturated heterocycles. The van der Waals surface area contributed by atoms with Crippen molar-refractivity contribution in [2.75, 3.05) is 0 Å². The fourth-order valence-corrected chi connectivity index (χ4v) is 4.67. The van der Waals surface area contributed by atoms with Gasteiger partial charge in [-0.15, -0.1) is 0 Å². The molecule has 33 heavy (non-hydrogen) atoms. The van der Waals surface area contributed by atoms with Crippen LogP contribution < -0.4 is 10.2 Å². The minimum atomic E-state index is 0.00622. The number of fused-ring (bicyclic) bond motifs is 3. The summed E-state index contributed by atoms with van der Waals surface area (Å²) in [6.45, 7) is 0.322. The van der Waals surface area contributed by atoms with Crippen LogP contribution in [-0.4, -0.2) is 19.4 Å². The molecule has 6 aromatic rings. The lowest BCUT2D eigenvalue weighted by Crippen LogP contribution is -2.12. The Kier molecular flexibility index (Phi) is 4.77. The van der Waals surface area contributed by atoms with E-state index in [1.54, 1.807) is 24.8 Å². The highest BCUT2D eigenvalue weighted by atomic mass is 79.9. The maximum absolute atomic E-state index is 13.6. The molecule has 0 radical (unpaired) electrons. The average molecular weight is 497 g/mol. The summed E-state index contributed by atoms with van der Waals surface area (Å²) in [5.41, 5.74) is 4.51. The van der Waals surface area contributed by atoms with Gasteiger partial charge in [0.05, 0.1) is 16.4 Å². The van der Waals surface area contributed by atoms with Gasteiger partial charge in [0.15, 0.2) is 5.43 Å². The second-order valence-corrected chi connectivity index (χ2v) is 8.87. The van der Waals surface area contributed by atoms with Gasteiger partial charge in [-0.3, -0.25) is 9.78 Å². The van der Waals surface area contributed by atoms with Crippen LogP contribution in [0.4, 0.5) is 0 Å². The molecule has 160 valence electrons. The summed E-state index contributed by atoms with van der Waals surface area (Å²) in [6.07, 6.45) is 10.9. The molecule has 7 heteroatoms. The molecule has 0 aliphatic carbocycles. The van der Waals surface area contributed by atoms with Gasteiger partial charge in [-0.2, -0.15) is 0 Å². The highest BCUT2D eigenvalue weighted by Crippen LogP contribution is 2.35. The Balaban J connectivity index is 1.57.